The summed E-state index contributed by atoms with van der Waals surface area (Å²) in [5.41, 5.74) is 3.12. The second-order valence-electron chi connectivity index (χ2n) is 6.70. The minimum absolute atomic E-state index is 0.117. The smallest absolute Gasteiger partial charge is 0.229 e. The fourth-order valence-electron chi connectivity index (χ4n) is 2.81. The molecule has 0 unspecified atom stereocenters. The number of pyridine rings is 1. The SMILES string of the molecule is CC(=O)Nc1ccc(Nc2nccc(Nc3ccnc(-c4cccc(C)n4)n3)n2)cc1. The Balaban J connectivity index is 1.48. The average Bonchev–Trinajstić information content (AvgIpc) is 2.75. The number of rotatable bonds is 6. The molecule has 9 heteroatoms. The van der Waals surface area contributed by atoms with Gasteiger partial charge in [-0.2, -0.15) is 4.98 Å². The molecule has 0 aliphatic heterocycles. The average molecular weight is 412 g/mol. The number of carbonyl (C=O) groups excluding carboxylic acids is 1. The zero-order chi connectivity index (χ0) is 21.6. The van der Waals surface area contributed by atoms with Crippen molar-refractivity contribution < 1.29 is 4.79 Å². The molecular formula is C22H20N8O. The maximum absolute atomic E-state index is 11.1. The molecular weight excluding hydrogens is 392 g/mol. The van der Waals surface area contributed by atoms with Crippen molar-refractivity contribution in [3.63, 3.8) is 0 Å². The van der Waals surface area contributed by atoms with Crippen molar-refractivity contribution in [2.45, 2.75) is 13.8 Å². The quantitative estimate of drug-likeness (QED) is 0.434. The Morgan fingerprint density at radius 2 is 1.48 bits per heavy atom. The van der Waals surface area contributed by atoms with Gasteiger partial charge in [-0.05, 0) is 55.5 Å². The van der Waals surface area contributed by atoms with Gasteiger partial charge in [-0.15, -0.1) is 0 Å². The molecule has 0 aliphatic rings. The Kier molecular flexibility index (Phi) is 5.75. The molecule has 3 heterocycles. The molecule has 3 N–H and O–H groups in total. The van der Waals surface area contributed by atoms with Crippen LogP contribution in [0.25, 0.3) is 11.5 Å². The van der Waals surface area contributed by atoms with Gasteiger partial charge in [0.15, 0.2) is 5.82 Å². The highest BCUT2D eigenvalue weighted by Gasteiger charge is 2.06. The molecule has 1 aromatic carbocycles. The number of hydrogen-bond donors (Lipinski definition) is 3. The molecule has 0 saturated heterocycles. The summed E-state index contributed by atoms with van der Waals surface area (Å²) in [6.07, 6.45) is 3.32. The van der Waals surface area contributed by atoms with Gasteiger partial charge in [-0.3, -0.25) is 4.79 Å². The number of carbonyl (C=O) groups is 1. The first-order valence-corrected chi connectivity index (χ1v) is 9.57. The zero-order valence-corrected chi connectivity index (χ0v) is 17.0. The number of nitrogens with one attached hydrogen (secondary N) is 3. The number of aromatic nitrogens is 5. The Labute approximate surface area is 179 Å². The van der Waals surface area contributed by atoms with Crippen molar-refractivity contribution in [3.8, 4) is 11.5 Å². The third-order valence-corrected chi connectivity index (χ3v) is 4.15. The lowest BCUT2D eigenvalue weighted by Gasteiger charge is -2.09. The van der Waals surface area contributed by atoms with Gasteiger partial charge in [-0.1, -0.05) is 6.07 Å². The summed E-state index contributed by atoms with van der Waals surface area (Å²) in [4.78, 5) is 33.1. The Hall–Kier alpha value is -4.40. The van der Waals surface area contributed by atoms with Gasteiger partial charge in [0.1, 0.15) is 17.3 Å². The fraction of sp³-hybridized carbons (Fsp3) is 0.0909. The van der Waals surface area contributed by atoms with Crippen molar-refractivity contribution in [3.05, 3.63) is 72.7 Å². The standard InChI is InChI=1S/C22H20N8O/c1-14-4-3-5-18(25-14)21-23-12-10-19(29-21)28-20-11-13-24-22(30-20)27-17-8-6-16(7-9-17)26-15(2)31/h3-13H,1-2H3,(H,26,31)(H2,23,24,27,28,29,30). The van der Waals surface area contributed by atoms with Crippen LogP contribution in [0.1, 0.15) is 12.6 Å². The van der Waals surface area contributed by atoms with E-state index >= 15 is 0 Å². The van der Waals surface area contributed by atoms with Crippen molar-refractivity contribution in [2.24, 2.45) is 0 Å². The van der Waals surface area contributed by atoms with Crippen LogP contribution in [0.3, 0.4) is 0 Å². The molecule has 0 aliphatic carbocycles. The van der Waals surface area contributed by atoms with Crippen molar-refractivity contribution in [2.75, 3.05) is 16.0 Å². The second-order valence-corrected chi connectivity index (χ2v) is 6.70. The van der Waals surface area contributed by atoms with E-state index in [1.54, 1.807) is 36.7 Å². The van der Waals surface area contributed by atoms with E-state index in [-0.39, 0.29) is 5.91 Å². The molecule has 0 bridgehead atoms. The maximum Gasteiger partial charge on any atom is 0.229 e. The lowest BCUT2D eigenvalue weighted by molar-refractivity contribution is -0.114. The predicted molar refractivity (Wildman–Crippen MR) is 119 cm³/mol. The van der Waals surface area contributed by atoms with E-state index < -0.39 is 0 Å². The van der Waals surface area contributed by atoms with Gasteiger partial charge in [0.25, 0.3) is 0 Å². The lowest BCUT2D eigenvalue weighted by atomic mass is 10.3. The van der Waals surface area contributed by atoms with Gasteiger partial charge in [0.05, 0.1) is 0 Å². The molecule has 4 aromatic rings. The summed E-state index contributed by atoms with van der Waals surface area (Å²) in [5, 5.41) is 9.03. The molecule has 0 fully saturated rings. The van der Waals surface area contributed by atoms with Crippen molar-refractivity contribution in [1.29, 1.82) is 0 Å². The van der Waals surface area contributed by atoms with Gasteiger partial charge >= 0.3 is 0 Å². The molecule has 154 valence electrons. The lowest BCUT2D eigenvalue weighted by Crippen LogP contribution is -2.05. The molecule has 0 radical (unpaired) electrons. The molecule has 0 saturated carbocycles. The van der Waals surface area contributed by atoms with E-state index in [0.717, 1.165) is 17.1 Å². The molecule has 31 heavy (non-hydrogen) atoms. The maximum atomic E-state index is 11.1. The van der Waals surface area contributed by atoms with Crippen LogP contribution in [0.5, 0.6) is 0 Å². The second kappa shape index (κ2) is 8.95. The number of benzene rings is 1. The molecule has 0 spiro atoms. The molecule has 3 aromatic heterocycles. The van der Waals surface area contributed by atoms with Crippen LogP contribution in [-0.2, 0) is 4.79 Å². The highest BCUT2D eigenvalue weighted by atomic mass is 16.1. The molecule has 1 amide bonds. The van der Waals surface area contributed by atoms with E-state index in [0.29, 0.717) is 29.1 Å². The third kappa shape index (κ3) is 5.36. The first-order valence-electron chi connectivity index (χ1n) is 9.57. The van der Waals surface area contributed by atoms with Crippen LogP contribution in [0, 0.1) is 6.92 Å². The third-order valence-electron chi connectivity index (χ3n) is 4.15. The van der Waals surface area contributed by atoms with E-state index in [4.69, 9.17) is 0 Å². The van der Waals surface area contributed by atoms with E-state index in [1.807, 2.05) is 37.3 Å². The predicted octanol–water partition coefficient (Wildman–Crippen LogP) is 4.08. The Bertz CT molecular complexity index is 1210. The topological polar surface area (TPSA) is 118 Å². The minimum Gasteiger partial charge on any atom is -0.326 e. The molecule has 0 atom stereocenters. The summed E-state index contributed by atoms with van der Waals surface area (Å²) in [5.74, 6) is 2.01. The Morgan fingerprint density at radius 3 is 2.23 bits per heavy atom. The number of aryl methyl sites for hydroxylation is 1. The van der Waals surface area contributed by atoms with Crippen LogP contribution >= 0.6 is 0 Å². The fourth-order valence-corrected chi connectivity index (χ4v) is 2.81. The summed E-state index contributed by atoms with van der Waals surface area (Å²) < 4.78 is 0. The number of amides is 1. The van der Waals surface area contributed by atoms with Crippen molar-refractivity contribution >= 4 is 34.9 Å². The van der Waals surface area contributed by atoms with E-state index in [2.05, 4.69) is 40.9 Å². The summed E-state index contributed by atoms with van der Waals surface area (Å²) in [6, 6.07) is 16.5. The summed E-state index contributed by atoms with van der Waals surface area (Å²) >= 11 is 0. The van der Waals surface area contributed by atoms with Gasteiger partial charge in [0.2, 0.25) is 11.9 Å². The Morgan fingerprint density at radius 1 is 0.774 bits per heavy atom. The summed E-state index contributed by atoms with van der Waals surface area (Å²) in [7, 11) is 0. The normalized spacial score (nSPS) is 10.4. The molecule has 9 nitrogen and oxygen atoms in total. The monoisotopic (exact) mass is 412 g/mol. The van der Waals surface area contributed by atoms with E-state index in [1.165, 1.54) is 6.92 Å². The van der Waals surface area contributed by atoms with Crippen molar-refractivity contribution in [1.82, 2.24) is 24.9 Å². The van der Waals surface area contributed by atoms with E-state index in [9.17, 15) is 4.79 Å². The van der Waals surface area contributed by atoms with Gasteiger partial charge < -0.3 is 16.0 Å². The van der Waals surface area contributed by atoms with Crippen LogP contribution in [0.15, 0.2) is 67.0 Å². The number of hydrogen-bond acceptors (Lipinski definition) is 8. The van der Waals surface area contributed by atoms with Crippen LogP contribution in [0.4, 0.5) is 29.0 Å². The zero-order valence-electron chi connectivity index (χ0n) is 17.0. The van der Waals surface area contributed by atoms with Crippen LogP contribution in [0.2, 0.25) is 0 Å². The first kappa shape index (κ1) is 19.9. The largest absolute Gasteiger partial charge is 0.326 e. The number of anilines is 5. The first-order chi connectivity index (χ1) is 15.0. The van der Waals surface area contributed by atoms with Crippen LogP contribution < -0.4 is 16.0 Å². The van der Waals surface area contributed by atoms with Gasteiger partial charge in [0, 0.05) is 36.4 Å². The summed E-state index contributed by atoms with van der Waals surface area (Å²) in [6.45, 7) is 3.39. The van der Waals surface area contributed by atoms with Crippen LogP contribution in [-0.4, -0.2) is 30.8 Å². The highest BCUT2D eigenvalue weighted by Crippen LogP contribution is 2.20. The van der Waals surface area contributed by atoms with Gasteiger partial charge in [-0.25, -0.2) is 19.9 Å². The molecule has 4 rings (SSSR count). The minimum atomic E-state index is -0.117. The highest BCUT2D eigenvalue weighted by molar-refractivity contribution is 5.88. The number of nitrogens with zero attached hydrogens (tertiary/aromatic N) is 5.